The summed E-state index contributed by atoms with van der Waals surface area (Å²) in [6.07, 6.45) is 2.67. The van der Waals surface area contributed by atoms with Crippen LogP contribution in [0.5, 0.6) is 5.75 Å². The summed E-state index contributed by atoms with van der Waals surface area (Å²) < 4.78 is 14.2. The zero-order valence-corrected chi connectivity index (χ0v) is 16.2. The van der Waals surface area contributed by atoms with E-state index in [9.17, 15) is 0 Å². The van der Waals surface area contributed by atoms with Crippen molar-refractivity contribution in [2.24, 2.45) is 0 Å². The molecule has 0 radical (unpaired) electrons. The van der Waals surface area contributed by atoms with Gasteiger partial charge in [-0.25, -0.2) is 4.98 Å². The van der Waals surface area contributed by atoms with Crippen molar-refractivity contribution in [2.75, 3.05) is 7.11 Å². The van der Waals surface area contributed by atoms with Crippen LogP contribution in [-0.2, 0) is 6.54 Å². The third-order valence-corrected chi connectivity index (χ3v) is 4.62. The van der Waals surface area contributed by atoms with Crippen molar-refractivity contribution in [1.29, 1.82) is 0 Å². The lowest BCUT2D eigenvalue weighted by Crippen LogP contribution is -2.03. The van der Waals surface area contributed by atoms with Crippen LogP contribution in [-0.4, -0.2) is 46.8 Å². The van der Waals surface area contributed by atoms with E-state index in [1.807, 2.05) is 25.1 Å². The molecule has 0 spiro atoms. The molecule has 0 atom stereocenters. The molecule has 5 rings (SSSR count). The Labute approximate surface area is 165 Å². The van der Waals surface area contributed by atoms with E-state index in [0.717, 1.165) is 23.7 Å². The number of aromatic nitrogens is 8. The first kappa shape index (κ1) is 17.3. The Kier molecular flexibility index (Phi) is 3.97. The average molecular weight is 390 g/mol. The summed E-state index contributed by atoms with van der Waals surface area (Å²) >= 11 is 0. The van der Waals surface area contributed by atoms with Crippen LogP contribution in [0, 0.1) is 6.92 Å². The number of ether oxygens (including phenoxy) is 1. The van der Waals surface area contributed by atoms with Crippen LogP contribution in [0.3, 0.4) is 0 Å². The minimum absolute atomic E-state index is 0.482. The Hall–Kier alpha value is -3.82. The summed E-state index contributed by atoms with van der Waals surface area (Å²) in [4.78, 5) is 4.47. The molecule has 10 nitrogen and oxygen atoms in total. The van der Waals surface area contributed by atoms with Crippen LogP contribution in [0.4, 0.5) is 0 Å². The Bertz CT molecular complexity index is 1330. The van der Waals surface area contributed by atoms with Gasteiger partial charge in [-0.15, -0.1) is 15.3 Å². The highest BCUT2D eigenvalue weighted by atomic mass is 16.5. The molecule has 4 aromatic heterocycles. The minimum Gasteiger partial charge on any atom is -0.496 e. The van der Waals surface area contributed by atoms with E-state index in [1.165, 1.54) is 0 Å². The largest absolute Gasteiger partial charge is 0.496 e. The molecule has 0 bridgehead atoms. The molecule has 0 fully saturated rings. The molecule has 4 heterocycles. The third kappa shape index (κ3) is 2.72. The van der Waals surface area contributed by atoms with Gasteiger partial charge in [-0.2, -0.15) is 9.61 Å². The predicted octanol–water partition coefficient (Wildman–Crippen LogP) is 2.92. The van der Waals surface area contributed by atoms with Gasteiger partial charge in [0.15, 0.2) is 11.3 Å². The molecule has 5 aromatic rings. The van der Waals surface area contributed by atoms with Crippen molar-refractivity contribution >= 4 is 16.4 Å². The van der Waals surface area contributed by atoms with Gasteiger partial charge in [-0.1, -0.05) is 24.2 Å². The number of hydrogen-bond donors (Lipinski definition) is 0. The lowest BCUT2D eigenvalue weighted by atomic mass is 10.1. The van der Waals surface area contributed by atoms with Crippen LogP contribution in [0.2, 0.25) is 0 Å². The van der Waals surface area contributed by atoms with E-state index in [1.54, 1.807) is 28.7 Å². The summed E-state index contributed by atoms with van der Waals surface area (Å²) in [5, 5.41) is 23.7. The highest BCUT2D eigenvalue weighted by molar-refractivity contribution is 6.04. The monoisotopic (exact) mass is 390 g/mol. The Morgan fingerprint density at radius 3 is 2.83 bits per heavy atom. The van der Waals surface area contributed by atoms with Crippen LogP contribution < -0.4 is 4.74 Å². The standard InChI is InChI=1S/C19H18N8O2/c1-4-8-26-10-20-17(24-26)16-15-12(6-5-7-14(15)28-3)18-21-22-19(27(18)23-16)13-9-11(2)29-25-13/h5-7,9-10H,4,8H2,1-3H3. The highest BCUT2D eigenvalue weighted by Gasteiger charge is 2.22. The molecule has 0 unspecified atom stereocenters. The molecule has 0 saturated carbocycles. The molecule has 0 N–H and O–H groups in total. The van der Waals surface area contributed by atoms with Crippen molar-refractivity contribution in [3.05, 3.63) is 36.4 Å². The van der Waals surface area contributed by atoms with Crippen LogP contribution in [0.1, 0.15) is 19.1 Å². The number of benzene rings is 1. The second-order valence-corrected chi connectivity index (χ2v) is 6.64. The molecule has 0 aliphatic rings. The van der Waals surface area contributed by atoms with Gasteiger partial charge in [0, 0.05) is 18.0 Å². The fraction of sp³-hybridized carbons (Fsp3) is 0.263. The first-order chi connectivity index (χ1) is 14.2. The third-order valence-electron chi connectivity index (χ3n) is 4.62. The number of methoxy groups -OCH3 is 1. The molecular weight excluding hydrogens is 372 g/mol. The number of hydrogen-bond acceptors (Lipinski definition) is 8. The summed E-state index contributed by atoms with van der Waals surface area (Å²) in [5.74, 6) is 2.34. The molecule has 29 heavy (non-hydrogen) atoms. The first-order valence-corrected chi connectivity index (χ1v) is 9.25. The fourth-order valence-electron chi connectivity index (χ4n) is 3.35. The van der Waals surface area contributed by atoms with E-state index >= 15 is 0 Å². The van der Waals surface area contributed by atoms with E-state index in [0.29, 0.717) is 40.2 Å². The summed E-state index contributed by atoms with van der Waals surface area (Å²) in [6.45, 7) is 4.69. The van der Waals surface area contributed by atoms with E-state index in [-0.39, 0.29) is 0 Å². The van der Waals surface area contributed by atoms with Gasteiger partial charge >= 0.3 is 0 Å². The topological polar surface area (TPSA) is 109 Å². The zero-order valence-electron chi connectivity index (χ0n) is 16.2. The molecular formula is C19H18N8O2. The quantitative estimate of drug-likeness (QED) is 0.451. The van der Waals surface area contributed by atoms with Crippen LogP contribution in [0.25, 0.3) is 39.5 Å². The number of rotatable bonds is 5. The maximum atomic E-state index is 5.60. The molecule has 1 aromatic carbocycles. The smallest absolute Gasteiger partial charge is 0.207 e. The molecule has 10 heteroatoms. The zero-order chi connectivity index (χ0) is 20.0. The SMILES string of the molecule is CCCn1cnc(-c2nn3c(-c4cc(C)on4)nnc3c3cccc(OC)c23)n1. The molecule has 146 valence electrons. The number of aryl methyl sites for hydroxylation is 2. The van der Waals surface area contributed by atoms with Crippen LogP contribution >= 0.6 is 0 Å². The molecule has 0 saturated heterocycles. The van der Waals surface area contributed by atoms with Crippen molar-refractivity contribution < 1.29 is 9.26 Å². The second kappa shape index (κ2) is 6.66. The molecule has 0 amide bonds. The Morgan fingerprint density at radius 1 is 1.17 bits per heavy atom. The normalized spacial score (nSPS) is 11.6. The predicted molar refractivity (Wildman–Crippen MR) is 104 cm³/mol. The van der Waals surface area contributed by atoms with Gasteiger partial charge in [-0.3, -0.25) is 4.68 Å². The fourth-order valence-corrected chi connectivity index (χ4v) is 3.35. The highest BCUT2D eigenvalue weighted by Crippen LogP contribution is 2.35. The number of fused-ring (bicyclic) bond motifs is 3. The van der Waals surface area contributed by atoms with Gasteiger partial charge in [0.2, 0.25) is 11.6 Å². The Morgan fingerprint density at radius 2 is 2.07 bits per heavy atom. The van der Waals surface area contributed by atoms with Gasteiger partial charge in [0.25, 0.3) is 0 Å². The van der Waals surface area contributed by atoms with Gasteiger partial charge in [0.05, 0.1) is 12.5 Å². The molecule has 0 aliphatic carbocycles. The summed E-state index contributed by atoms with van der Waals surface area (Å²) in [5.41, 5.74) is 1.73. The van der Waals surface area contributed by atoms with Gasteiger partial charge in [-0.05, 0) is 19.4 Å². The van der Waals surface area contributed by atoms with Crippen molar-refractivity contribution in [3.63, 3.8) is 0 Å². The van der Waals surface area contributed by atoms with Crippen molar-refractivity contribution in [3.8, 4) is 28.8 Å². The van der Waals surface area contributed by atoms with Crippen molar-refractivity contribution in [2.45, 2.75) is 26.8 Å². The van der Waals surface area contributed by atoms with Gasteiger partial charge in [0.1, 0.15) is 23.5 Å². The van der Waals surface area contributed by atoms with Crippen LogP contribution in [0.15, 0.2) is 35.1 Å². The van der Waals surface area contributed by atoms with E-state index in [4.69, 9.17) is 14.4 Å². The lowest BCUT2D eigenvalue weighted by Gasteiger charge is -2.09. The summed E-state index contributed by atoms with van der Waals surface area (Å²) in [7, 11) is 1.62. The number of nitrogens with zero attached hydrogens (tertiary/aromatic N) is 8. The average Bonchev–Trinajstić information content (AvgIpc) is 3.46. The Balaban J connectivity index is 1.84. The summed E-state index contributed by atoms with van der Waals surface area (Å²) in [6, 6.07) is 7.53. The maximum absolute atomic E-state index is 5.60. The van der Waals surface area contributed by atoms with Crippen molar-refractivity contribution in [1.82, 2.24) is 39.7 Å². The first-order valence-electron chi connectivity index (χ1n) is 9.25. The minimum atomic E-state index is 0.482. The molecule has 0 aliphatic heterocycles. The van der Waals surface area contributed by atoms with E-state index in [2.05, 4.69) is 32.4 Å². The maximum Gasteiger partial charge on any atom is 0.207 e. The van der Waals surface area contributed by atoms with Gasteiger partial charge < -0.3 is 9.26 Å². The second-order valence-electron chi connectivity index (χ2n) is 6.64. The lowest BCUT2D eigenvalue weighted by molar-refractivity contribution is 0.399. The van der Waals surface area contributed by atoms with E-state index < -0.39 is 0 Å².